The van der Waals surface area contributed by atoms with Gasteiger partial charge < -0.3 is 14.2 Å². The van der Waals surface area contributed by atoms with Crippen LogP contribution in [0.4, 0.5) is 18.3 Å². The SMILES string of the molecule is COCc1nc(OC)c2c(C)c(C(=O)Nc3nc4ccc(OCC(F)(F)F)cc4s3)sc2n1. The van der Waals surface area contributed by atoms with Gasteiger partial charge in [-0.15, -0.1) is 11.3 Å². The number of rotatable bonds is 7. The number of benzene rings is 1. The Kier molecular flexibility index (Phi) is 6.36. The summed E-state index contributed by atoms with van der Waals surface area (Å²) in [6.45, 7) is 0.591. The van der Waals surface area contributed by atoms with Crippen LogP contribution >= 0.6 is 22.7 Å². The minimum Gasteiger partial charge on any atom is -0.484 e. The fourth-order valence-corrected chi connectivity index (χ4v) is 5.04. The van der Waals surface area contributed by atoms with Crippen molar-refractivity contribution in [3.8, 4) is 11.6 Å². The minimum atomic E-state index is -4.43. The second-order valence-corrected chi connectivity index (χ2v) is 8.85. The fourth-order valence-electron chi connectivity index (χ4n) is 3.07. The maximum Gasteiger partial charge on any atom is 0.422 e. The zero-order valence-electron chi connectivity index (χ0n) is 17.6. The Morgan fingerprint density at radius 1 is 1.15 bits per heavy atom. The molecule has 33 heavy (non-hydrogen) atoms. The molecule has 4 aromatic rings. The molecule has 0 aliphatic heterocycles. The summed E-state index contributed by atoms with van der Waals surface area (Å²) in [7, 11) is 3.02. The minimum absolute atomic E-state index is 0.0687. The van der Waals surface area contributed by atoms with E-state index >= 15 is 0 Å². The van der Waals surface area contributed by atoms with E-state index in [0.717, 1.165) is 11.3 Å². The molecule has 0 saturated heterocycles. The van der Waals surface area contributed by atoms with Crippen LogP contribution in [0.25, 0.3) is 20.4 Å². The van der Waals surface area contributed by atoms with Crippen molar-refractivity contribution in [3.05, 3.63) is 34.5 Å². The zero-order chi connectivity index (χ0) is 23.8. The molecule has 1 amide bonds. The molecule has 174 valence electrons. The van der Waals surface area contributed by atoms with Crippen molar-refractivity contribution in [1.29, 1.82) is 0 Å². The van der Waals surface area contributed by atoms with E-state index in [2.05, 4.69) is 20.3 Å². The van der Waals surface area contributed by atoms with Gasteiger partial charge in [-0.3, -0.25) is 10.1 Å². The van der Waals surface area contributed by atoms with Crippen LogP contribution < -0.4 is 14.8 Å². The van der Waals surface area contributed by atoms with Gasteiger partial charge in [0.05, 0.1) is 27.6 Å². The second kappa shape index (κ2) is 9.08. The van der Waals surface area contributed by atoms with Gasteiger partial charge in [-0.1, -0.05) is 11.3 Å². The van der Waals surface area contributed by atoms with Crippen LogP contribution in [-0.2, 0) is 11.3 Å². The number of amides is 1. The third-order valence-corrected chi connectivity index (χ3v) is 6.58. The van der Waals surface area contributed by atoms with Crippen molar-refractivity contribution < 1.29 is 32.2 Å². The highest BCUT2D eigenvalue weighted by molar-refractivity contribution is 7.23. The lowest BCUT2D eigenvalue weighted by Gasteiger charge is -2.08. The number of hydrogen-bond donors (Lipinski definition) is 1. The van der Waals surface area contributed by atoms with E-state index in [0.29, 0.717) is 47.7 Å². The number of hydrogen-bond acceptors (Lipinski definition) is 9. The highest BCUT2D eigenvalue weighted by atomic mass is 32.1. The molecule has 0 spiro atoms. The van der Waals surface area contributed by atoms with Gasteiger partial charge in [-0.05, 0) is 30.7 Å². The highest BCUT2D eigenvalue weighted by Crippen LogP contribution is 2.36. The second-order valence-electron chi connectivity index (χ2n) is 6.82. The Morgan fingerprint density at radius 3 is 2.64 bits per heavy atom. The number of carbonyl (C=O) groups is 1. The Morgan fingerprint density at radius 2 is 1.94 bits per heavy atom. The predicted octanol–water partition coefficient (Wildman–Crippen LogP) is 4.96. The molecule has 8 nitrogen and oxygen atoms in total. The number of alkyl halides is 3. The highest BCUT2D eigenvalue weighted by Gasteiger charge is 2.28. The molecule has 4 rings (SSSR count). The Hall–Kier alpha value is -3.03. The maximum atomic E-state index is 13.0. The van der Waals surface area contributed by atoms with Gasteiger partial charge in [-0.25, -0.2) is 9.97 Å². The molecule has 0 bridgehead atoms. The molecular formula is C20H17F3N4O4S2. The zero-order valence-corrected chi connectivity index (χ0v) is 19.2. The van der Waals surface area contributed by atoms with Crippen molar-refractivity contribution >= 4 is 54.1 Å². The number of carbonyl (C=O) groups excluding carboxylic acids is 1. The van der Waals surface area contributed by atoms with Crippen molar-refractivity contribution in [2.45, 2.75) is 19.7 Å². The molecular weight excluding hydrogens is 481 g/mol. The summed E-state index contributed by atoms with van der Waals surface area (Å²) < 4.78 is 52.9. The van der Waals surface area contributed by atoms with Gasteiger partial charge in [0.15, 0.2) is 17.6 Å². The van der Waals surface area contributed by atoms with Crippen molar-refractivity contribution in [3.63, 3.8) is 0 Å². The Balaban J connectivity index is 1.59. The number of fused-ring (bicyclic) bond motifs is 2. The Bertz CT molecular complexity index is 1340. The van der Waals surface area contributed by atoms with Crippen LogP contribution in [0.1, 0.15) is 21.1 Å². The summed E-state index contributed by atoms with van der Waals surface area (Å²) in [6, 6.07) is 4.39. The number of aromatic nitrogens is 3. The number of nitrogens with one attached hydrogen (secondary N) is 1. The summed E-state index contributed by atoms with van der Waals surface area (Å²) in [5, 5.41) is 3.69. The molecule has 13 heteroatoms. The lowest BCUT2D eigenvalue weighted by atomic mass is 10.2. The molecule has 0 aliphatic carbocycles. The Labute approximate surface area is 193 Å². The van der Waals surface area contributed by atoms with E-state index in [9.17, 15) is 18.0 Å². The van der Waals surface area contributed by atoms with Crippen LogP contribution in [0, 0.1) is 6.92 Å². The first-order valence-corrected chi connectivity index (χ1v) is 11.1. The maximum absolute atomic E-state index is 13.0. The van der Waals surface area contributed by atoms with Gasteiger partial charge in [0.25, 0.3) is 5.91 Å². The lowest BCUT2D eigenvalue weighted by Crippen LogP contribution is -2.19. The van der Waals surface area contributed by atoms with E-state index in [1.165, 1.54) is 43.8 Å². The van der Waals surface area contributed by atoms with Gasteiger partial charge in [0, 0.05) is 7.11 Å². The third-order valence-electron chi connectivity index (χ3n) is 4.46. The first-order chi connectivity index (χ1) is 15.7. The summed E-state index contributed by atoms with van der Waals surface area (Å²) in [5.41, 5.74) is 1.19. The molecule has 0 unspecified atom stereocenters. The molecule has 0 fully saturated rings. The molecule has 3 aromatic heterocycles. The number of thiophene rings is 1. The fraction of sp³-hybridized carbons (Fsp3) is 0.300. The van der Waals surface area contributed by atoms with Crippen LogP contribution in [0.15, 0.2) is 18.2 Å². The largest absolute Gasteiger partial charge is 0.484 e. The topological polar surface area (TPSA) is 95.5 Å². The smallest absolute Gasteiger partial charge is 0.422 e. The summed E-state index contributed by atoms with van der Waals surface area (Å²) >= 11 is 2.32. The van der Waals surface area contributed by atoms with Gasteiger partial charge in [-0.2, -0.15) is 18.2 Å². The van der Waals surface area contributed by atoms with Crippen LogP contribution in [0.2, 0.25) is 0 Å². The average Bonchev–Trinajstić information content (AvgIpc) is 3.31. The molecule has 1 aromatic carbocycles. The number of thiazole rings is 1. The number of nitrogens with zero attached hydrogens (tertiary/aromatic N) is 3. The number of methoxy groups -OCH3 is 2. The van der Waals surface area contributed by atoms with E-state index < -0.39 is 18.7 Å². The van der Waals surface area contributed by atoms with Gasteiger partial charge in [0.2, 0.25) is 5.88 Å². The van der Waals surface area contributed by atoms with Crippen LogP contribution in [0.3, 0.4) is 0 Å². The van der Waals surface area contributed by atoms with E-state index in [4.69, 9.17) is 14.2 Å². The molecule has 0 atom stereocenters. The first-order valence-electron chi connectivity index (χ1n) is 9.43. The normalized spacial score (nSPS) is 11.8. The number of aryl methyl sites for hydroxylation is 1. The standard InChI is InChI=1S/C20H17F3N4O4S2/c1-9-14-17(30-3)25-13(7-29-2)26-18(14)33-15(9)16(28)27-19-24-11-5-4-10(6-12(11)32-19)31-8-20(21,22)23/h4-6H,7-8H2,1-3H3,(H,24,27,28). The van der Waals surface area contributed by atoms with Gasteiger partial charge in [0.1, 0.15) is 17.2 Å². The van der Waals surface area contributed by atoms with Crippen molar-refractivity contribution in [2.75, 3.05) is 26.1 Å². The number of anilines is 1. The first kappa shape index (κ1) is 23.1. The molecule has 0 aliphatic rings. The monoisotopic (exact) mass is 498 g/mol. The lowest BCUT2D eigenvalue weighted by molar-refractivity contribution is -0.153. The van der Waals surface area contributed by atoms with Crippen molar-refractivity contribution in [2.24, 2.45) is 0 Å². The van der Waals surface area contributed by atoms with E-state index in [-0.39, 0.29) is 12.4 Å². The summed E-state index contributed by atoms with van der Waals surface area (Å²) in [5.74, 6) is 0.466. The van der Waals surface area contributed by atoms with Crippen LogP contribution in [-0.4, -0.2) is 47.9 Å². The predicted molar refractivity (Wildman–Crippen MR) is 119 cm³/mol. The third kappa shape index (κ3) is 4.99. The van der Waals surface area contributed by atoms with E-state index in [1.54, 1.807) is 6.92 Å². The quantitative estimate of drug-likeness (QED) is 0.385. The van der Waals surface area contributed by atoms with Crippen LogP contribution in [0.5, 0.6) is 11.6 Å². The number of ether oxygens (including phenoxy) is 3. The van der Waals surface area contributed by atoms with E-state index in [1.807, 2.05) is 0 Å². The molecule has 0 saturated carbocycles. The molecule has 1 N–H and O–H groups in total. The number of halogens is 3. The summed E-state index contributed by atoms with van der Waals surface area (Å²) in [6.07, 6.45) is -4.43. The molecule has 0 radical (unpaired) electrons. The molecule has 3 heterocycles. The summed E-state index contributed by atoms with van der Waals surface area (Å²) in [4.78, 5) is 27.1. The van der Waals surface area contributed by atoms with Crippen molar-refractivity contribution in [1.82, 2.24) is 15.0 Å². The van der Waals surface area contributed by atoms with Gasteiger partial charge >= 0.3 is 6.18 Å². The average molecular weight is 499 g/mol.